The zero-order chi connectivity index (χ0) is 28.1. The molecule has 5 aromatic rings. The number of para-hydroxylation sites is 1. The molecule has 1 heterocycles. The molecule has 5 heteroatoms. The third kappa shape index (κ3) is 3.94. The molecule has 0 spiro atoms. The van der Waals surface area contributed by atoms with Crippen molar-refractivity contribution >= 4 is 12.7 Å². The number of benzene rings is 5. The van der Waals surface area contributed by atoms with E-state index >= 15 is 4.57 Å². The van der Waals surface area contributed by atoms with Crippen LogP contribution < -0.4 is 9.83 Å². The second-order valence-electron chi connectivity index (χ2n) is 11.1. The van der Waals surface area contributed by atoms with Gasteiger partial charge in [-0.05, 0) is 71.1 Å². The minimum Gasteiger partial charge on any atom is -0.593 e. The van der Waals surface area contributed by atoms with Crippen molar-refractivity contribution in [3.63, 3.8) is 0 Å². The summed E-state index contributed by atoms with van der Waals surface area (Å²) in [6, 6.07) is 38.4. The lowest BCUT2D eigenvalue weighted by molar-refractivity contribution is 0.461. The van der Waals surface area contributed by atoms with Crippen LogP contribution in [0.15, 0.2) is 121 Å². The molecular weight excluding hydrogens is 515 g/mol. The van der Waals surface area contributed by atoms with Gasteiger partial charge in [0.2, 0.25) is 0 Å². The van der Waals surface area contributed by atoms with E-state index in [9.17, 15) is 5.11 Å². The fourth-order valence-electron chi connectivity index (χ4n) is 5.80. The fraction of sp³-hybridized carbons (Fsp3) is 0.143. The van der Waals surface area contributed by atoms with Gasteiger partial charge in [-0.1, -0.05) is 86.6 Å². The van der Waals surface area contributed by atoms with Crippen LogP contribution in [0.3, 0.4) is 0 Å². The van der Waals surface area contributed by atoms with Crippen molar-refractivity contribution in [1.82, 2.24) is 0 Å². The molecule has 1 aliphatic heterocycles. The predicted molar refractivity (Wildman–Crippen MR) is 162 cm³/mol. The molecule has 2 atom stereocenters. The highest BCUT2D eigenvalue weighted by Crippen LogP contribution is 2.69. The van der Waals surface area contributed by atoms with E-state index in [-0.39, 0.29) is 11.2 Å². The van der Waals surface area contributed by atoms with Crippen LogP contribution in [-0.4, -0.2) is 10.2 Å². The van der Waals surface area contributed by atoms with Crippen LogP contribution in [0.5, 0.6) is 17.2 Å². The van der Waals surface area contributed by atoms with Crippen molar-refractivity contribution in [1.29, 1.82) is 0 Å². The Labute approximate surface area is 235 Å². The Morgan fingerprint density at radius 1 is 0.625 bits per heavy atom. The summed E-state index contributed by atoms with van der Waals surface area (Å²) >= 11 is 0. The van der Waals surface area contributed by atoms with Gasteiger partial charge in [-0.2, -0.15) is 0 Å². The summed E-state index contributed by atoms with van der Waals surface area (Å²) < 4.78 is 22.2. The van der Waals surface area contributed by atoms with Gasteiger partial charge in [-0.3, -0.25) is 4.57 Å². The first-order chi connectivity index (χ1) is 19.1. The Morgan fingerprint density at radius 3 is 1.73 bits per heavy atom. The standard InChI is InChI=1S/C35H31O4P/c1-34(2,25-16-20-28(36)21-17-25)24-12-14-26(15-13-24)35(3,27-18-22-29(37)23-19-27)40(38)33-11-7-5-9-31(33)30-8-4-6-10-32(30)39-40/h4-23,36-37H,1-3H3/p+1. The smallest absolute Gasteiger partial charge is 0.292 e. The first-order valence-corrected chi connectivity index (χ1v) is 15.0. The summed E-state index contributed by atoms with van der Waals surface area (Å²) in [5.41, 5.74) is 5.41. The van der Waals surface area contributed by atoms with Crippen LogP contribution in [0.25, 0.3) is 11.1 Å². The number of hydrogen-bond donors (Lipinski definition) is 1. The Morgan fingerprint density at radius 2 is 1.10 bits per heavy atom. The van der Waals surface area contributed by atoms with Gasteiger partial charge in [0, 0.05) is 23.1 Å². The summed E-state index contributed by atoms with van der Waals surface area (Å²) in [4.78, 5) is 0. The van der Waals surface area contributed by atoms with Gasteiger partial charge >= 0.3 is 0 Å². The maximum atomic E-state index is 15.6. The van der Waals surface area contributed by atoms with Gasteiger partial charge in [-0.25, -0.2) is 0 Å². The maximum absolute atomic E-state index is 15.6. The highest BCUT2D eigenvalue weighted by molar-refractivity contribution is 7.69. The molecule has 40 heavy (non-hydrogen) atoms. The second kappa shape index (κ2) is 9.43. The van der Waals surface area contributed by atoms with Crippen molar-refractivity contribution in [3.8, 4) is 28.4 Å². The van der Waals surface area contributed by atoms with E-state index < -0.39 is 12.5 Å². The lowest BCUT2D eigenvalue weighted by atomic mass is 9.77. The molecule has 0 bridgehead atoms. The van der Waals surface area contributed by atoms with E-state index in [1.165, 1.54) is 0 Å². The summed E-state index contributed by atoms with van der Waals surface area (Å²) in [5, 5.41) is 17.5. The van der Waals surface area contributed by atoms with Crippen LogP contribution in [0.2, 0.25) is 0 Å². The largest absolute Gasteiger partial charge is 0.593 e. The van der Waals surface area contributed by atoms with E-state index in [1.807, 2.05) is 79.7 Å². The molecule has 200 valence electrons. The van der Waals surface area contributed by atoms with Crippen molar-refractivity contribution in [2.24, 2.45) is 0 Å². The van der Waals surface area contributed by atoms with Crippen LogP contribution in [0.1, 0.15) is 43.0 Å². The summed E-state index contributed by atoms with van der Waals surface area (Å²) in [7, 11) is -3.63. The molecule has 4 nitrogen and oxygen atoms in total. The van der Waals surface area contributed by atoms with Crippen molar-refractivity contribution in [2.45, 2.75) is 31.3 Å². The van der Waals surface area contributed by atoms with Crippen LogP contribution in [0.4, 0.5) is 0 Å². The number of hydrogen-bond acceptors (Lipinski definition) is 3. The van der Waals surface area contributed by atoms with Gasteiger partial charge in [0.1, 0.15) is 16.7 Å². The SMILES string of the molecule is CC(C)(c1ccc(O)cc1)c1ccc(C(C)(c2ccc([OH2+])cc2)P2(=O)Oc3ccccc3-c3ccccc32)cc1. The Bertz CT molecular complexity index is 1740. The van der Waals surface area contributed by atoms with Crippen LogP contribution in [-0.2, 0) is 15.1 Å². The van der Waals surface area contributed by atoms with Gasteiger partial charge in [0.05, 0.1) is 5.30 Å². The second-order valence-corrected chi connectivity index (χ2v) is 13.7. The highest BCUT2D eigenvalue weighted by Gasteiger charge is 2.53. The summed E-state index contributed by atoms with van der Waals surface area (Å²) in [6.07, 6.45) is 0. The third-order valence-corrected chi connectivity index (χ3v) is 11.6. The normalized spacial score (nSPS) is 17.7. The van der Waals surface area contributed by atoms with Crippen LogP contribution in [0, 0.1) is 0 Å². The minimum atomic E-state index is -3.63. The maximum Gasteiger partial charge on any atom is 0.292 e. The van der Waals surface area contributed by atoms with Gasteiger partial charge in [-0.15, -0.1) is 0 Å². The molecule has 0 saturated carbocycles. The number of phenolic OH excluding ortho intramolecular Hbond substituents is 1. The molecule has 5 aromatic carbocycles. The first-order valence-electron chi connectivity index (χ1n) is 13.4. The molecule has 0 aliphatic carbocycles. The Kier molecular flexibility index (Phi) is 6.12. The monoisotopic (exact) mass is 547 g/mol. The van der Waals surface area contributed by atoms with E-state index in [0.29, 0.717) is 16.8 Å². The average molecular weight is 548 g/mol. The third-order valence-electron chi connectivity index (χ3n) is 8.42. The molecule has 0 aromatic heterocycles. The van der Waals surface area contributed by atoms with E-state index in [2.05, 4.69) is 38.1 Å². The molecule has 0 saturated heterocycles. The van der Waals surface area contributed by atoms with Crippen LogP contribution >= 0.6 is 7.37 Å². The topological polar surface area (TPSA) is 69.4 Å². The van der Waals surface area contributed by atoms with Crippen molar-refractivity contribution in [2.75, 3.05) is 0 Å². The number of rotatable bonds is 5. The average Bonchev–Trinajstić information content (AvgIpc) is 2.97. The predicted octanol–water partition coefficient (Wildman–Crippen LogP) is 8.08. The summed E-state index contributed by atoms with van der Waals surface area (Å²) in [6.45, 7) is 6.30. The van der Waals surface area contributed by atoms with E-state index in [1.54, 1.807) is 24.3 Å². The minimum absolute atomic E-state index is 0.239. The molecule has 1 aliphatic rings. The van der Waals surface area contributed by atoms with E-state index in [0.717, 1.165) is 33.4 Å². The number of aromatic hydroxyl groups is 1. The quantitative estimate of drug-likeness (QED) is 0.179. The van der Waals surface area contributed by atoms with Gasteiger partial charge < -0.3 is 14.7 Å². The molecule has 2 unspecified atom stereocenters. The Hall–Kier alpha value is -4.27. The zero-order valence-corrected chi connectivity index (χ0v) is 23.7. The first kappa shape index (κ1) is 26.0. The lowest BCUT2D eigenvalue weighted by Gasteiger charge is -2.41. The van der Waals surface area contributed by atoms with Crippen molar-refractivity contribution < 1.29 is 19.3 Å². The molecule has 3 N–H and O–H groups in total. The summed E-state index contributed by atoms with van der Waals surface area (Å²) in [5.74, 6) is 1.24. The molecule has 0 fully saturated rings. The molecule has 0 radical (unpaired) electrons. The van der Waals surface area contributed by atoms with Gasteiger partial charge in [0.25, 0.3) is 13.1 Å². The fourth-order valence-corrected chi connectivity index (χ4v) is 8.78. The highest BCUT2D eigenvalue weighted by atomic mass is 31.2. The zero-order valence-electron chi connectivity index (χ0n) is 22.8. The molecular formula is C35H32O4P+. The Balaban J connectivity index is 1.54. The van der Waals surface area contributed by atoms with Crippen molar-refractivity contribution in [3.05, 3.63) is 144 Å². The molecule has 0 amide bonds. The van der Waals surface area contributed by atoms with Gasteiger partial charge in [0.15, 0.2) is 0 Å². The molecule has 6 rings (SSSR count). The number of phenols is 1. The number of fused-ring (bicyclic) bond motifs is 3. The van der Waals surface area contributed by atoms with E-state index in [4.69, 9.17) is 9.63 Å². The lowest BCUT2D eigenvalue weighted by Crippen LogP contribution is -2.34.